The Morgan fingerprint density at radius 3 is 2.02 bits per heavy atom. The highest BCUT2D eigenvalue weighted by Crippen LogP contribution is 2.61. The molecule has 1 saturated carbocycles. The summed E-state index contributed by atoms with van der Waals surface area (Å²) in [5, 5.41) is 1.09. The van der Waals surface area contributed by atoms with Crippen LogP contribution in [0.2, 0.25) is 0 Å². The lowest BCUT2D eigenvalue weighted by molar-refractivity contribution is 0.353. The molecule has 2 heterocycles. The summed E-state index contributed by atoms with van der Waals surface area (Å²) in [4.78, 5) is 11.8. The maximum Gasteiger partial charge on any atom is 0.161 e. The van der Waals surface area contributed by atoms with Crippen LogP contribution in [0.5, 0.6) is 0 Å². The minimum absolute atomic E-state index is 0.0283. The van der Waals surface area contributed by atoms with Gasteiger partial charge in [0.15, 0.2) is 5.82 Å². The van der Waals surface area contributed by atoms with Crippen LogP contribution in [0.25, 0.3) is 67.2 Å². The zero-order chi connectivity index (χ0) is 38.6. The van der Waals surface area contributed by atoms with Gasteiger partial charge in [-0.05, 0) is 103 Å². The van der Waals surface area contributed by atoms with Gasteiger partial charge in [-0.2, -0.15) is 0 Å². The number of hydrogen-bond donors (Lipinski definition) is 0. The van der Waals surface area contributed by atoms with Crippen LogP contribution in [0, 0.1) is 0 Å². The second kappa shape index (κ2) is 12.9. The summed E-state index contributed by atoms with van der Waals surface area (Å²) in [5.41, 5.74) is 21.4. The molecule has 3 heteroatoms. The summed E-state index contributed by atoms with van der Waals surface area (Å²) in [6.45, 7) is 4.82. The molecular weight excluding hydrogens is 721 g/mol. The molecule has 1 atom stereocenters. The molecule has 4 aliphatic carbocycles. The van der Waals surface area contributed by atoms with Crippen molar-refractivity contribution in [2.75, 3.05) is 0 Å². The highest BCUT2D eigenvalue weighted by atomic mass is 32.2. The van der Waals surface area contributed by atoms with E-state index in [4.69, 9.17) is 9.97 Å². The van der Waals surface area contributed by atoms with Crippen molar-refractivity contribution in [3.8, 4) is 67.2 Å². The van der Waals surface area contributed by atoms with Crippen LogP contribution in [0.15, 0.2) is 162 Å². The molecule has 1 aromatic heterocycles. The number of nitrogens with zero attached hydrogens (tertiary/aromatic N) is 2. The zero-order valence-corrected chi connectivity index (χ0v) is 33.9. The van der Waals surface area contributed by atoms with Crippen LogP contribution >= 0.6 is 11.8 Å². The molecule has 0 saturated heterocycles. The third kappa shape index (κ3) is 4.99. The van der Waals surface area contributed by atoms with E-state index in [0.717, 1.165) is 34.1 Å². The Morgan fingerprint density at radius 2 is 1.22 bits per heavy atom. The molecule has 12 rings (SSSR count). The number of rotatable bonds is 4. The molecule has 1 fully saturated rings. The molecule has 5 aliphatic rings. The smallest absolute Gasteiger partial charge is 0.161 e. The van der Waals surface area contributed by atoms with Crippen LogP contribution in [-0.2, 0) is 10.8 Å². The fraction of sp³-hybridized carbons (Fsp3) is 0.200. The Morgan fingerprint density at radius 1 is 0.552 bits per heavy atom. The number of allylic oxidation sites excluding steroid dienone is 4. The Kier molecular flexibility index (Phi) is 7.61. The molecule has 1 unspecified atom stereocenters. The minimum Gasteiger partial charge on any atom is -0.228 e. The van der Waals surface area contributed by atoms with E-state index in [-0.39, 0.29) is 10.8 Å². The summed E-state index contributed by atoms with van der Waals surface area (Å²) in [7, 11) is 0. The van der Waals surface area contributed by atoms with Gasteiger partial charge in [0.2, 0.25) is 0 Å². The maximum atomic E-state index is 5.26. The minimum atomic E-state index is -0.0283. The summed E-state index contributed by atoms with van der Waals surface area (Å²) in [6, 6.07) is 50.2. The van der Waals surface area contributed by atoms with Crippen LogP contribution in [0.4, 0.5) is 0 Å². The fourth-order valence-corrected chi connectivity index (χ4v) is 12.4. The largest absolute Gasteiger partial charge is 0.228 e. The van der Waals surface area contributed by atoms with E-state index in [1.807, 2.05) is 11.8 Å². The highest BCUT2D eigenvalue weighted by Gasteiger charge is 2.47. The molecule has 58 heavy (non-hydrogen) atoms. The van der Waals surface area contributed by atoms with E-state index in [2.05, 4.69) is 166 Å². The molecule has 280 valence electrons. The van der Waals surface area contributed by atoms with Gasteiger partial charge in [-0.25, -0.2) is 9.97 Å². The Bertz CT molecular complexity index is 2870. The lowest BCUT2D eigenvalue weighted by Gasteiger charge is -2.36. The Hall–Kier alpha value is -5.77. The van der Waals surface area contributed by atoms with Crippen molar-refractivity contribution in [1.82, 2.24) is 9.97 Å². The van der Waals surface area contributed by atoms with E-state index in [1.54, 1.807) is 11.1 Å². The van der Waals surface area contributed by atoms with E-state index >= 15 is 0 Å². The molecule has 7 aromatic rings. The van der Waals surface area contributed by atoms with Crippen molar-refractivity contribution in [2.45, 2.75) is 74.1 Å². The van der Waals surface area contributed by atoms with Gasteiger partial charge in [0.1, 0.15) is 5.03 Å². The average molecular weight is 765 g/mol. The van der Waals surface area contributed by atoms with E-state index < -0.39 is 0 Å². The standard InChI is InChI=1S/C55H44N2S/c1-54(2)44-19-9-7-16-40(44)42-32-47-43(33-46(42)54)49-39(18-13-20-45(49)55(47)30-11-4-12-31-55)36-26-22-34(23-27-36)35-24-28-38(29-25-35)52-56-51(37-14-5-3-6-15-37)50-41-17-8-10-21-48(41)58-53(50)57-52/h3,5-10,13-16,18-29,32-33,41H,4,11-12,17,30-31H2,1-2H3. The summed E-state index contributed by atoms with van der Waals surface area (Å²) in [6.07, 6.45) is 14.1. The zero-order valence-electron chi connectivity index (χ0n) is 33.1. The Balaban J connectivity index is 0.903. The summed E-state index contributed by atoms with van der Waals surface area (Å²) in [5.74, 6) is 1.12. The van der Waals surface area contributed by atoms with Crippen molar-refractivity contribution in [3.05, 3.63) is 184 Å². The fourth-order valence-electron chi connectivity index (χ4n) is 11.2. The number of thioether (sulfide) groups is 1. The van der Waals surface area contributed by atoms with Crippen molar-refractivity contribution in [1.29, 1.82) is 0 Å². The predicted octanol–water partition coefficient (Wildman–Crippen LogP) is 14.7. The third-order valence-corrected chi connectivity index (χ3v) is 15.3. The van der Waals surface area contributed by atoms with Crippen molar-refractivity contribution in [2.24, 2.45) is 0 Å². The number of hydrogen-bond acceptors (Lipinski definition) is 3. The molecular formula is C55H44N2S. The van der Waals surface area contributed by atoms with Gasteiger partial charge in [-0.15, -0.1) is 0 Å². The van der Waals surface area contributed by atoms with Gasteiger partial charge in [-0.3, -0.25) is 0 Å². The first-order valence-corrected chi connectivity index (χ1v) is 22.0. The molecule has 0 radical (unpaired) electrons. The first kappa shape index (κ1) is 34.3. The van der Waals surface area contributed by atoms with Crippen LogP contribution < -0.4 is 0 Å². The first-order chi connectivity index (χ1) is 28.5. The highest BCUT2D eigenvalue weighted by molar-refractivity contribution is 8.03. The van der Waals surface area contributed by atoms with Crippen molar-refractivity contribution < 1.29 is 0 Å². The SMILES string of the molecule is CC1(C)c2ccccc2-c2cc3c(cc21)-c1c(-c2ccc(-c4ccc(-c5nc6c(c(-c7ccccc7)n5)C5CC=CC=C5S6)cc4)cc2)cccc1C31CCCCC1. The number of fused-ring (bicyclic) bond motifs is 11. The van der Waals surface area contributed by atoms with Gasteiger partial charge < -0.3 is 0 Å². The molecule has 2 nitrogen and oxygen atoms in total. The predicted molar refractivity (Wildman–Crippen MR) is 241 cm³/mol. The second-order valence-corrected chi connectivity index (χ2v) is 18.6. The van der Waals surface area contributed by atoms with Crippen LogP contribution in [-0.4, -0.2) is 9.97 Å². The third-order valence-electron chi connectivity index (χ3n) is 14.1. The number of benzene rings is 6. The first-order valence-electron chi connectivity index (χ1n) is 21.1. The topological polar surface area (TPSA) is 25.8 Å². The molecule has 1 aliphatic heterocycles. The molecule has 0 bridgehead atoms. The van der Waals surface area contributed by atoms with Crippen LogP contribution in [0.3, 0.4) is 0 Å². The van der Waals surface area contributed by atoms with Crippen molar-refractivity contribution in [3.63, 3.8) is 0 Å². The van der Waals surface area contributed by atoms with E-state index in [1.165, 1.54) is 98.2 Å². The number of aromatic nitrogens is 2. The van der Waals surface area contributed by atoms with Crippen molar-refractivity contribution >= 4 is 11.8 Å². The van der Waals surface area contributed by atoms with Gasteiger partial charge >= 0.3 is 0 Å². The second-order valence-electron chi connectivity index (χ2n) is 17.5. The molecule has 1 spiro atoms. The average Bonchev–Trinajstić information content (AvgIpc) is 3.87. The van der Waals surface area contributed by atoms with Gasteiger partial charge in [0.25, 0.3) is 0 Å². The normalized spacial score (nSPS) is 18.5. The Labute approximate surface area is 345 Å². The quantitative estimate of drug-likeness (QED) is 0.167. The van der Waals surface area contributed by atoms with Gasteiger partial charge in [0, 0.05) is 33.4 Å². The molecule has 6 aromatic carbocycles. The molecule has 0 N–H and O–H groups in total. The van der Waals surface area contributed by atoms with E-state index in [9.17, 15) is 0 Å². The van der Waals surface area contributed by atoms with Crippen LogP contribution in [0.1, 0.15) is 86.1 Å². The van der Waals surface area contributed by atoms with E-state index in [0.29, 0.717) is 5.92 Å². The monoisotopic (exact) mass is 764 g/mol. The lowest BCUT2D eigenvalue weighted by atomic mass is 9.67. The molecule has 0 amide bonds. The summed E-state index contributed by atoms with van der Waals surface area (Å²) < 4.78 is 0. The maximum absolute atomic E-state index is 5.26. The van der Waals surface area contributed by atoms with Gasteiger partial charge in [-0.1, -0.05) is 184 Å². The summed E-state index contributed by atoms with van der Waals surface area (Å²) >= 11 is 1.81. The lowest BCUT2D eigenvalue weighted by Crippen LogP contribution is -2.28. The van der Waals surface area contributed by atoms with Gasteiger partial charge in [0.05, 0.1) is 5.69 Å².